The second-order valence-corrected chi connectivity index (χ2v) is 6.13. The Morgan fingerprint density at radius 3 is 3.00 bits per heavy atom. The molecule has 0 N–H and O–H groups in total. The van der Waals surface area contributed by atoms with Crippen molar-refractivity contribution in [3.8, 4) is 5.75 Å². The molecule has 0 aliphatic carbocycles. The second kappa shape index (κ2) is 6.98. The maximum Gasteiger partial charge on any atom is 0.191 e. The van der Waals surface area contributed by atoms with Crippen LogP contribution in [0.2, 0.25) is 0 Å². The summed E-state index contributed by atoms with van der Waals surface area (Å²) in [6.07, 6.45) is 4.81. The van der Waals surface area contributed by atoms with Crippen LogP contribution in [-0.4, -0.2) is 21.4 Å². The Hall–Kier alpha value is -1.49. The van der Waals surface area contributed by atoms with E-state index >= 15 is 0 Å². The molecule has 0 radical (unpaired) electrons. The summed E-state index contributed by atoms with van der Waals surface area (Å²) >= 11 is 1.75. The molecule has 1 aliphatic heterocycles. The van der Waals surface area contributed by atoms with Crippen LogP contribution in [-0.2, 0) is 18.7 Å². The molecule has 2 aromatic rings. The van der Waals surface area contributed by atoms with Crippen molar-refractivity contribution in [1.82, 2.24) is 14.8 Å². The van der Waals surface area contributed by atoms with Gasteiger partial charge >= 0.3 is 0 Å². The molecule has 21 heavy (non-hydrogen) atoms. The van der Waals surface area contributed by atoms with Gasteiger partial charge in [0.25, 0.3) is 0 Å². The molecule has 4 nitrogen and oxygen atoms in total. The average Bonchev–Trinajstić information content (AvgIpc) is 2.74. The summed E-state index contributed by atoms with van der Waals surface area (Å²) in [4.78, 5) is 0. The lowest BCUT2D eigenvalue weighted by atomic mass is 10.2. The summed E-state index contributed by atoms with van der Waals surface area (Å²) in [6.45, 7) is 3.77. The fraction of sp³-hybridized carbons (Fsp3) is 0.500. The molecule has 1 aliphatic rings. The molecule has 1 aromatic heterocycles. The Labute approximate surface area is 129 Å². The molecule has 2 heterocycles. The first kappa shape index (κ1) is 14.4. The number of hydrogen-bond donors (Lipinski definition) is 0. The van der Waals surface area contributed by atoms with Gasteiger partial charge in [-0.2, -0.15) is 0 Å². The third-order valence-electron chi connectivity index (χ3n) is 3.70. The molecule has 5 heteroatoms. The summed E-state index contributed by atoms with van der Waals surface area (Å²) in [5.41, 5.74) is 1.22. The summed E-state index contributed by atoms with van der Waals surface area (Å²) in [7, 11) is 0. The van der Waals surface area contributed by atoms with Gasteiger partial charge in [0, 0.05) is 24.3 Å². The van der Waals surface area contributed by atoms with Crippen LogP contribution in [0.3, 0.4) is 0 Å². The van der Waals surface area contributed by atoms with Crippen molar-refractivity contribution in [2.24, 2.45) is 0 Å². The smallest absolute Gasteiger partial charge is 0.191 e. The molecular formula is C16H21N3OS. The molecule has 0 atom stereocenters. The third-order valence-corrected chi connectivity index (χ3v) is 4.72. The van der Waals surface area contributed by atoms with Gasteiger partial charge in [0.05, 0.1) is 6.61 Å². The lowest BCUT2D eigenvalue weighted by Crippen LogP contribution is -2.02. The minimum absolute atomic E-state index is 0.696. The van der Waals surface area contributed by atoms with Crippen LogP contribution in [0.25, 0.3) is 0 Å². The number of aromatic nitrogens is 3. The van der Waals surface area contributed by atoms with Crippen molar-refractivity contribution in [1.29, 1.82) is 0 Å². The number of ether oxygens (including phenoxy) is 1. The maximum atomic E-state index is 5.68. The molecule has 0 saturated heterocycles. The minimum Gasteiger partial charge on any atom is -0.494 e. The Morgan fingerprint density at radius 2 is 2.10 bits per heavy atom. The van der Waals surface area contributed by atoms with E-state index in [0.29, 0.717) is 6.61 Å². The van der Waals surface area contributed by atoms with Crippen molar-refractivity contribution < 1.29 is 4.74 Å². The number of hydrogen-bond acceptors (Lipinski definition) is 4. The van der Waals surface area contributed by atoms with E-state index in [-0.39, 0.29) is 0 Å². The fourth-order valence-electron chi connectivity index (χ4n) is 2.63. The van der Waals surface area contributed by atoms with Crippen molar-refractivity contribution in [3.05, 3.63) is 35.7 Å². The Kier molecular flexibility index (Phi) is 4.80. The molecular weight excluding hydrogens is 282 g/mol. The quantitative estimate of drug-likeness (QED) is 0.790. The van der Waals surface area contributed by atoms with Crippen LogP contribution < -0.4 is 4.74 Å². The fourth-order valence-corrected chi connectivity index (χ4v) is 3.60. The van der Waals surface area contributed by atoms with E-state index in [1.54, 1.807) is 11.8 Å². The molecule has 0 spiro atoms. The van der Waals surface area contributed by atoms with Gasteiger partial charge in [-0.05, 0) is 25.8 Å². The standard InChI is InChI=1S/C16H21N3OS/c1-2-20-14-9-6-5-8-13(14)12-21-16-18-17-15-10-4-3-7-11-19(15)16/h5-6,8-9H,2-4,7,10-12H2,1H3. The number of benzene rings is 1. The van der Waals surface area contributed by atoms with Crippen LogP contribution in [0.15, 0.2) is 29.4 Å². The second-order valence-electron chi connectivity index (χ2n) is 5.19. The van der Waals surface area contributed by atoms with E-state index in [9.17, 15) is 0 Å². The molecule has 1 aromatic carbocycles. The van der Waals surface area contributed by atoms with Gasteiger partial charge in [0.15, 0.2) is 5.16 Å². The summed E-state index contributed by atoms with van der Waals surface area (Å²) < 4.78 is 7.98. The molecule has 0 fully saturated rings. The Balaban J connectivity index is 1.72. The zero-order chi connectivity index (χ0) is 14.5. The van der Waals surface area contributed by atoms with Gasteiger partial charge in [-0.1, -0.05) is 36.4 Å². The molecule has 112 valence electrons. The lowest BCUT2D eigenvalue weighted by molar-refractivity contribution is 0.337. The van der Waals surface area contributed by atoms with Gasteiger partial charge in [-0.25, -0.2) is 0 Å². The number of fused-ring (bicyclic) bond motifs is 1. The zero-order valence-corrected chi connectivity index (χ0v) is 13.2. The maximum absolute atomic E-state index is 5.68. The van der Waals surface area contributed by atoms with Gasteiger partial charge in [-0.15, -0.1) is 10.2 Å². The van der Waals surface area contributed by atoms with Gasteiger partial charge in [0.1, 0.15) is 11.6 Å². The normalized spacial score (nSPS) is 14.5. The van der Waals surface area contributed by atoms with E-state index in [1.165, 1.54) is 24.8 Å². The number of thioether (sulfide) groups is 1. The van der Waals surface area contributed by atoms with E-state index in [0.717, 1.165) is 35.4 Å². The number of nitrogens with zero attached hydrogens (tertiary/aromatic N) is 3. The largest absolute Gasteiger partial charge is 0.494 e. The first-order chi connectivity index (χ1) is 10.4. The first-order valence-electron chi connectivity index (χ1n) is 7.64. The average molecular weight is 303 g/mol. The van der Waals surface area contributed by atoms with E-state index in [1.807, 2.05) is 19.1 Å². The van der Waals surface area contributed by atoms with Crippen molar-refractivity contribution >= 4 is 11.8 Å². The van der Waals surface area contributed by atoms with Crippen LogP contribution >= 0.6 is 11.8 Å². The van der Waals surface area contributed by atoms with Crippen molar-refractivity contribution in [2.45, 2.75) is 50.1 Å². The number of aryl methyl sites for hydroxylation is 1. The van der Waals surface area contributed by atoms with Gasteiger partial charge in [0.2, 0.25) is 0 Å². The van der Waals surface area contributed by atoms with Crippen LogP contribution in [0, 0.1) is 0 Å². The lowest BCUT2D eigenvalue weighted by Gasteiger charge is -2.10. The summed E-state index contributed by atoms with van der Waals surface area (Å²) in [6, 6.07) is 8.23. The predicted molar refractivity (Wildman–Crippen MR) is 84.7 cm³/mol. The van der Waals surface area contributed by atoms with E-state index in [4.69, 9.17) is 4.74 Å². The van der Waals surface area contributed by atoms with Gasteiger partial charge in [-0.3, -0.25) is 0 Å². The molecule has 0 saturated carbocycles. The SMILES string of the molecule is CCOc1ccccc1CSc1nnc2n1CCCCC2. The number of para-hydroxylation sites is 1. The van der Waals surface area contributed by atoms with E-state index in [2.05, 4.69) is 26.9 Å². The highest BCUT2D eigenvalue weighted by molar-refractivity contribution is 7.98. The molecule has 0 unspecified atom stereocenters. The molecule has 0 bridgehead atoms. The predicted octanol–water partition coefficient (Wildman–Crippen LogP) is 3.70. The van der Waals surface area contributed by atoms with Crippen molar-refractivity contribution in [2.75, 3.05) is 6.61 Å². The van der Waals surface area contributed by atoms with Crippen LogP contribution in [0.1, 0.15) is 37.6 Å². The highest BCUT2D eigenvalue weighted by atomic mass is 32.2. The van der Waals surface area contributed by atoms with Gasteiger partial charge < -0.3 is 9.30 Å². The highest BCUT2D eigenvalue weighted by Crippen LogP contribution is 2.28. The summed E-state index contributed by atoms with van der Waals surface area (Å²) in [5.74, 6) is 2.99. The zero-order valence-electron chi connectivity index (χ0n) is 12.4. The monoisotopic (exact) mass is 303 g/mol. The Morgan fingerprint density at radius 1 is 1.19 bits per heavy atom. The third kappa shape index (κ3) is 3.40. The highest BCUT2D eigenvalue weighted by Gasteiger charge is 2.15. The van der Waals surface area contributed by atoms with Crippen LogP contribution in [0.4, 0.5) is 0 Å². The minimum atomic E-state index is 0.696. The van der Waals surface area contributed by atoms with E-state index < -0.39 is 0 Å². The first-order valence-corrected chi connectivity index (χ1v) is 8.62. The molecule has 3 rings (SSSR count). The summed E-state index contributed by atoms with van der Waals surface area (Å²) in [5, 5.41) is 9.75. The van der Waals surface area contributed by atoms with Crippen molar-refractivity contribution in [3.63, 3.8) is 0 Å². The van der Waals surface area contributed by atoms with Crippen LogP contribution in [0.5, 0.6) is 5.75 Å². The Bertz CT molecular complexity index is 597. The topological polar surface area (TPSA) is 39.9 Å². The number of rotatable bonds is 5. The molecule has 0 amide bonds.